The van der Waals surface area contributed by atoms with Crippen molar-refractivity contribution < 1.29 is 4.79 Å². The number of amides is 1. The first-order valence-electron chi connectivity index (χ1n) is 6.80. The van der Waals surface area contributed by atoms with Gasteiger partial charge < -0.3 is 5.32 Å². The van der Waals surface area contributed by atoms with Crippen LogP contribution in [0, 0.1) is 28.1 Å². The first kappa shape index (κ1) is 18.3. The minimum Gasteiger partial charge on any atom is -0.354 e. The minimum absolute atomic E-state index is 0.0522. The quantitative estimate of drug-likeness (QED) is 0.760. The summed E-state index contributed by atoms with van der Waals surface area (Å²) < 4.78 is 0. The Bertz CT molecular complexity index is 321. The smallest absolute Gasteiger partial charge is 0.237 e. The van der Waals surface area contributed by atoms with E-state index in [0.29, 0.717) is 18.4 Å². The predicted molar refractivity (Wildman–Crippen MR) is 83.0 cm³/mol. The van der Waals surface area contributed by atoms with E-state index in [0.717, 1.165) is 11.5 Å². The number of carbonyl (C=O) groups excluding carboxylic acids is 1. The van der Waals surface area contributed by atoms with Gasteiger partial charge in [0.1, 0.15) is 5.92 Å². The third-order valence-corrected chi connectivity index (χ3v) is 3.95. The predicted octanol–water partition coefficient (Wildman–Crippen LogP) is 3.46. The lowest BCUT2D eigenvalue weighted by atomic mass is 9.96. The van der Waals surface area contributed by atoms with Crippen LogP contribution in [0.15, 0.2) is 0 Å². The SMILES string of the molecule is CC(C)(C)CNC(=O)C(C#N)CCSCC(C)(C)C. The molecule has 0 aromatic heterocycles. The van der Waals surface area contributed by atoms with Gasteiger partial charge in [-0.05, 0) is 28.8 Å². The number of hydrogen-bond donors (Lipinski definition) is 1. The Balaban J connectivity index is 4.01. The molecule has 0 saturated carbocycles. The first-order valence-corrected chi connectivity index (χ1v) is 7.96. The van der Waals surface area contributed by atoms with E-state index in [9.17, 15) is 4.79 Å². The average Bonchev–Trinajstić information content (AvgIpc) is 2.23. The Morgan fingerprint density at radius 2 is 1.79 bits per heavy atom. The maximum Gasteiger partial charge on any atom is 0.237 e. The van der Waals surface area contributed by atoms with E-state index in [1.54, 1.807) is 0 Å². The molecule has 0 fully saturated rings. The molecule has 0 aromatic carbocycles. The fourth-order valence-electron chi connectivity index (χ4n) is 1.31. The van der Waals surface area contributed by atoms with Crippen LogP contribution in [0.5, 0.6) is 0 Å². The van der Waals surface area contributed by atoms with Gasteiger partial charge in [0.2, 0.25) is 5.91 Å². The number of nitrogens with zero attached hydrogens (tertiary/aromatic N) is 1. The molecule has 0 aliphatic heterocycles. The molecule has 1 unspecified atom stereocenters. The van der Waals surface area contributed by atoms with Gasteiger partial charge in [0.15, 0.2) is 0 Å². The van der Waals surface area contributed by atoms with Crippen molar-refractivity contribution in [3.8, 4) is 6.07 Å². The van der Waals surface area contributed by atoms with Crippen molar-refractivity contribution in [2.75, 3.05) is 18.1 Å². The number of rotatable bonds is 6. The van der Waals surface area contributed by atoms with Crippen LogP contribution in [0.25, 0.3) is 0 Å². The van der Waals surface area contributed by atoms with Crippen LogP contribution < -0.4 is 5.32 Å². The Morgan fingerprint density at radius 1 is 1.21 bits per heavy atom. The molecule has 0 rings (SSSR count). The molecular formula is C15H28N2OS. The molecule has 0 aliphatic carbocycles. The van der Waals surface area contributed by atoms with E-state index in [2.05, 4.69) is 52.9 Å². The Morgan fingerprint density at radius 3 is 2.21 bits per heavy atom. The summed E-state index contributed by atoms with van der Waals surface area (Å²) in [6.07, 6.45) is 0.632. The highest BCUT2D eigenvalue weighted by molar-refractivity contribution is 7.99. The van der Waals surface area contributed by atoms with Crippen LogP contribution in [0.2, 0.25) is 0 Å². The molecular weight excluding hydrogens is 256 g/mol. The van der Waals surface area contributed by atoms with E-state index in [1.165, 1.54) is 0 Å². The molecule has 0 spiro atoms. The number of nitrogens with one attached hydrogen (secondary N) is 1. The van der Waals surface area contributed by atoms with Crippen LogP contribution in [-0.2, 0) is 4.79 Å². The van der Waals surface area contributed by atoms with Crippen molar-refractivity contribution in [3.05, 3.63) is 0 Å². The summed E-state index contributed by atoms with van der Waals surface area (Å²) in [7, 11) is 0. The van der Waals surface area contributed by atoms with E-state index < -0.39 is 5.92 Å². The lowest BCUT2D eigenvalue weighted by Gasteiger charge is -2.20. The maximum atomic E-state index is 11.9. The number of thioether (sulfide) groups is 1. The summed E-state index contributed by atoms with van der Waals surface area (Å²) in [5, 5.41) is 11.9. The van der Waals surface area contributed by atoms with Crippen LogP contribution in [0.4, 0.5) is 0 Å². The largest absolute Gasteiger partial charge is 0.354 e. The second-order valence-corrected chi connectivity index (χ2v) is 8.47. The molecule has 0 radical (unpaired) electrons. The van der Waals surface area contributed by atoms with Gasteiger partial charge in [-0.3, -0.25) is 4.79 Å². The number of hydrogen-bond acceptors (Lipinski definition) is 3. The van der Waals surface area contributed by atoms with E-state index in [4.69, 9.17) is 5.26 Å². The van der Waals surface area contributed by atoms with Crippen LogP contribution in [0.3, 0.4) is 0 Å². The Hall–Kier alpha value is -0.690. The third-order valence-electron chi connectivity index (χ3n) is 2.35. The monoisotopic (exact) mass is 284 g/mol. The highest BCUT2D eigenvalue weighted by atomic mass is 32.2. The van der Waals surface area contributed by atoms with E-state index in [-0.39, 0.29) is 11.3 Å². The summed E-state index contributed by atoms with van der Waals surface area (Å²) in [5.41, 5.74) is 0.345. The van der Waals surface area contributed by atoms with E-state index >= 15 is 0 Å². The van der Waals surface area contributed by atoms with Crippen LogP contribution in [-0.4, -0.2) is 24.0 Å². The van der Waals surface area contributed by atoms with Gasteiger partial charge in [-0.1, -0.05) is 41.5 Å². The summed E-state index contributed by atoms with van der Waals surface area (Å²) >= 11 is 1.81. The van der Waals surface area contributed by atoms with Crippen LogP contribution in [0.1, 0.15) is 48.0 Å². The van der Waals surface area contributed by atoms with Crippen LogP contribution >= 0.6 is 11.8 Å². The highest BCUT2D eigenvalue weighted by Crippen LogP contribution is 2.22. The van der Waals surface area contributed by atoms with Gasteiger partial charge in [0, 0.05) is 6.54 Å². The van der Waals surface area contributed by atoms with Gasteiger partial charge in [0.25, 0.3) is 0 Å². The minimum atomic E-state index is -0.519. The van der Waals surface area contributed by atoms with Crippen molar-refractivity contribution in [1.29, 1.82) is 5.26 Å². The zero-order chi connectivity index (χ0) is 15.1. The van der Waals surface area contributed by atoms with Gasteiger partial charge in [-0.2, -0.15) is 17.0 Å². The second-order valence-electron chi connectivity index (χ2n) is 7.36. The topological polar surface area (TPSA) is 52.9 Å². The molecule has 1 amide bonds. The molecule has 0 heterocycles. The highest BCUT2D eigenvalue weighted by Gasteiger charge is 2.20. The second kappa shape index (κ2) is 7.79. The first-order chi connectivity index (χ1) is 8.55. The van der Waals surface area contributed by atoms with Crippen molar-refractivity contribution in [2.45, 2.75) is 48.0 Å². The van der Waals surface area contributed by atoms with Crippen molar-refractivity contribution in [1.82, 2.24) is 5.32 Å². The summed E-state index contributed by atoms with van der Waals surface area (Å²) in [4.78, 5) is 11.9. The molecule has 110 valence electrons. The molecule has 0 aliphatic rings. The normalized spacial score (nSPS) is 13.7. The summed E-state index contributed by atoms with van der Waals surface area (Å²) in [6.45, 7) is 13.4. The Labute approximate surface area is 122 Å². The molecule has 3 nitrogen and oxygen atoms in total. The lowest BCUT2D eigenvalue weighted by molar-refractivity contribution is -0.123. The Kier molecular flexibility index (Phi) is 7.51. The molecule has 1 N–H and O–H groups in total. The maximum absolute atomic E-state index is 11.9. The summed E-state index contributed by atoms with van der Waals surface area (Å²) in [6, 6.07) is 2.11. The fraction of sp³-hybridized carbons (Fsp3) is 0.867. The van der Waals surface area contributed by atoms with Crippen molar-refractivity contribution >= 4 is 17.7 Å². The third kappa shape index (κ3) is 10.9. The molecule has 0 aromatic rings. The molecule has 19 heavy (non-hydrogen) atoms. The lowest BCUT2D eigenvalue weighted by Crippen LogP contribution is -2.36. The van der Waals surface area contributed by atoms with Crippen molar-refractivity contribution in [2.24, 2.45) is 16.7 Å². The fourth-order valence-corrected chi connectivity index (χ4v) is 2.47. The molecule has 0 bridgehead atoms. The van der Waals surface area contributed by atoms with Gasteiger partial charge >= 0.3 is 0 Å². The summed E-state index contributed by atoms with van der Waals surface area (Å²) in [5.74, 6) is 1.26. The zero-order valence-electron chi connectivity index (χ0n) is 13.2. The zero-order valence-corrected chi connectivity index (χ0v) is 14.0. The number of nitriles is 1. The van der Waals surface area contributed by atoms with E-state index in [1.807, 2.05) is 11.8 Å². The molecule has 1 atom stereocenters. The molecule has 0 saturated heterocycles. The van der Waals surface area contributed by atoms with Gasteiger partial charge in [0.05, 0.1) is 6.07 Å². The molecule has 4 heteroatoms. The standard InChI is InChI=1S/C15H28N2OS/c1-14(2,3)10-17-13(18)12(9-16)7-8-19-11-15(4,5)6/h12H,7-8,10-11H2,1-6H3,(H,17,18). The van der Waals surface area contributed by atoms with Gasteiger partial charge in [-0.25, -0.2) is 0 Å². The van der Waals surface area contributed by atoms with Gasteiger partial charge in [-0.15, -0.1) is 0 Å². The van der Waals surface area contributed by atoms with Crippen molar-refractivity contribution in [3.63, 3.8) is 0 Å². The number of carbonyl (C=O) groups is 1. The average molecular weight is 284 g/mol.